The highest BCUT2D eigenvalue weighted by Crippen LogP contribution is 2.11. The standard InChI is InChI=1S/C9H10BrNO3S/c1-15(13,14)11-8-4-2-7(3-5-8)9(12)6-10/h2-5,11H,6H2,1H3. The monoisotopic (exact) mass is 291 g/mol. The molecule has 0 aliphatic rings. The largest absolute Gasteiger partial charge is 0.293 e. The molecule has 1 aromatic carbocycles. The van der Waals surface area contributed by atoms with Crippen molar-refractivity contribution in [3.8, 4) is 0 Å². The summed E-state index contributed by atoms with van der Waals surface area (Å²) in [5, 5.41) is 0.256. The van der Waals surface area contributed by atoms with Crippen molar-refractivity contribution in [1.29, 1.82) is 0 Å². The van der Waals surface area contributed by atoms with Gasteiger partial charge in [0.15, 0.2) is 5.78 Å². The highest BCUT2D eigenvalue weighted by atomic mass is 79.9. The van der Waals surface area contributed by atoms with Gasteiger partial charge in [-0.05, 0) is 24.3 Å². The van der Waals surface area contributed by atoms with Crippen LogP contribution in [0.2, 0.25) is 0 Å². The molecule has 0 atom stereocenters. The molecule has 0 heterocycles. The van der Waals surface area contributed by atoms with Gasteiger partial charge in [0.25, 0.3) is 0 Å². The molecule has 0 bridgehead atoms. The van der Waals surface area contributed by atoms with E-state index in [0.717, 1.165) is 6.26 Å². The van der Waals surface area contributed by atoms with Gasteiger partial charge in [0.1, 0.15) is 0 Å². The first kappa shape index (κ1) is 12.2. The third-order valence-electron chi connectivity index (χ3n) is 1.63. The van der Waals surface area contributed by atoms with Gasteiger partial charge < -0.3 is 0 Å². The molecule has 0 amide bonds. The Bertz CT molecular complexity index is 453. The third-order valence-corrected chi connectivity index (χ3v) is 2.75. The number of ketones is 1. The summed E-state index contributed by atoms with van der Waals surface area (Å²) in [6.45, 7) is 0. The molecular weight excluding hydrogens is 282 g/mol. The maximum atomic E-state index is 11.2. The van der Waals surface area contributed by atoms with Crippen molar-refractivity contribution in [2.24, 2.45) is 0 Å². The molecule has 6 heteroatoms. The van der Waals surface area contributed by atoms with Gasteiger partial charge in [0.05, 0.1) is 11.6 Å². The minimum atomic E-state index is -3.26. The van der Waals surface area contributed by atoms with E-state index < -0.39 is 10.0 Å². The van der Waals surface area contributed by atoms with E-state index in [0.29, 0.717) is 11.3 Å². The highest BCUT2D eigenvalue weighted by molar-refractivity contribution is 9.09. The smallest absolute Gasteiger partial charge is 0.229 e. The zero-order chi connectivity index (χ0) is 11.5. The number of benzene rings is 1. The van der Waals surface area contributed by atoms with Crippen LogP contribution in [0.25, 0.3) is 0 Å². The molecule has 0 spiro atoms. The van der Waals surface area contributed by atoms with Crippen LogP contribution in [-0.2, 0) is 10.0 Å². The Balaban J connectivity index is 2.86. The number of sulfonamides is 1. The van der Waals surface area contributed by atoms with Crippen LogP contribution in [0.1, 0.15) is 10.4 Å². The number of hydrogen-bond acceptors (Lipinski definition) is 3. The van der Waals surface area contributed by atoms with E-state index in [1.807, 2.05) is 0 Å². The van der Waals surface area contributed by atoms with Crippen molar-refractivity contribution in [2.45, 2.75) is 0 Å². The maximum absolute atomic E-state index is 11.2. The van der Waals surface area contributed by atoms with Gasteiger partial charge in [-0.2, -0.15) is 0 Å². The number of alkyl halides is 1. The topological polar surface area (TPSA) is 63.2 Å². The van der Waals surface area contributed by atoms with Crippen LogP contribution in [0.3, 0.4) is 0 Å². The zero-order valence-electron chi connectivity index (χ0n) is 8.03. The van der Waals surface area contributed by atoms with Gasteiger partial charge >= 0.3 is 0 Å². The Morgan fingerprint density at radius 1 is 1.33 bits per heavy atom. The van der Waals surface area contributed by atoms with E-state index in [-0.39, 0.29) is 11.1 Å². The number of anilines is 1. The van der Waals surface area contributed by atoms with Crippen LogP contribution >= 0.6 is 15.9 Å². The average Bonchev–Trinajstić information content (AvgIpc) is 2.15. The Labute approximate surface area is 96.9 Å². The maximum Gasteiger partial charge on any atom is 0.229 e. The number of halogens is 1. The number of carbonyl (C=O) groups excluding carboxylic acids is 1. The van der Waals surface area contributed by atoms with Gasteiger partial charge in [-0.3, -0.25) is 9.52 Å². The van der Waals surface area contributed by atoms with Crippen LogP contribution < -0.4 is 4.72 Å². The summed E-state index contributed by atoms with van der Waals surface area (Å²) in [6.07, 6.45) is 1.07. The molecule has 82 valence electrons. The summed E-state index contributed by atoms with van der Waals surface area (Å²) in [4.78, 5) is 11.2. The van der Waals surface area contributed by atoms with Gasteiger partial charge in [-0.15, -0.1) is 0 Å². The summed E-state index contributed by atoms with van der Waals surface area (Å²) in [7, 11) is -3.26. The highest BCUT2D eigenvalue weighted by Gasteiger charge is 2.05. The second-order valence-corrected chi connectivity index (χ2v) is 5.32. The lowest BCUT2D eigenvalue weighted by molar-refractivity contribution is 0.102. The van der Waals surface area contributed by atoms with E-state index in [1.54, 1.807) is 24.3 Å². The minimum absolute atomic E-state index is 0.0408. The summed E-state index contributed by atoms with van der Waals surface area (Å²) in [5.74, 6) is -0.0408. The quantitative estimate of drug-likeness (QED) is 0.677. The minimum Gasteiger partial charge on any atom is -0.293 e. The second-order valence-electron chi connectivity index (χ2n) is 3.01. The predicted octanol–water partition coefficient (Wildman–Crippen LogP) is 1.64. The molecule has 0 unspecified atom stereocenters. The summed E-state index contributed by atoms with van der Waals surface area (Å²) in [6, 6.07) is 6.27. The molecule has 0 saturated carbocycles. The lowest BCUT2D eigenvalue weighted by atomic mass is 10.1. The first-order valence-corrected chi connectivity index (χ1v) is 7.10. The number of rotatable bonds is 4. The van der Waals surface area contributed by atoms with Gasteiger partial charge in [0, 0.05) is 11.3 Å². The molecule has 0 fully saturated rings. The summed E-state index contributed by atoms with van der Waals surface area (Å²) >= 11 is 3.06. The number of hydrogen-bond donors (Lipinski definition) is 1. The molecule has 0 saturated heterocycles. The van der Waals surface area contributed by atoms with Crippen molar-refractivity contribution in [1.82, 2.24) is 0 Å². The van der Waals surface area contributed by atoms with E-state index >= 15 is 0 Å². The number of Topliss-reactive ketones (excluding diaryl/α,β-unsaturated/α-hetero) is 1. The van der Waals surface area contributed by atoms with Crippen molar-refractivity contribution >= 4 is 37.4 Å². The Kier molecular flexibility index (Phi) is 3.87. The summed E-state index contributed by atoms with van der Waals surface area (Å²) < 4.78 is 24.1. The SMILES string of the molecule is CS(=O)(=O)Nc1ccc(C(=O)CBr)cc1. The van der Waals surface area contributed by atoms with Gasteiger partial charge in [-0.1, -0.05) is 15.9 Å². The Morgan fingerprint density at radius 3 is 2.27 bits per heavy atom. The van der Waals surface area contributed by atoms with Crippen LogP contribution in [-0.4, -0.2) is 25.8 Å². The fourth-order valence-corrected chi connectivity index (χ4v) is 1.90. The summed E-state index contributed by atoms with van der Waals surface area (Å²) in [5.41, 5.74) is 0.995. The Morgan fingerprint density at radius 2 is 1.87 bits per heavy atom. The van der Waals surface area contributed by atoms with Crippen molar-refractivity contribution < 1.29 is 13.2 Å². The molecule has 0 aromatic heterocycles. The molecule has 1 rings (SSSR count). The first-order chi connectivity index (χ1) is 6.92. The lowest BCUT2D eigenvalue weighted by Crippen LogP contribution is -2.09. The molecule has 0 radical (unpaired) electrons. The predicted molar refractivity (Wildman–Crippen MR) is 63.0 cm³/mol. The normalized spacial score (nSPS) is 11.1. The fraction of sp³-hybridized carbons (Fsp3) is 0.222. The van der Waals surface area contributed by atoms with E-state index in [2.05, 4.69) is 20.7 Å². The third kappa shape index (κ3) is 4.01. The van der Waals surface area contributed by atoms with E-state index in [1.165, 1.54) is 0 Å². The van der Waals surface area contributed by atoms with Gasteiger partial charge in [-0.25, -0.2) is 8.42 Å². The second kappa shape index (κ2) is 4.76. The molecule has 1 aromatic rings. The molecule has 15 heavy (non-hydrogen) atoms. The molecule has 1 N–H and O–H groups in total. The molecule has 0 aliphatic carbocycles. The Hall–Kier alpha value is -0.880. The first-order valence-electron chi connectivity index (χ1n) is 4.09. The molecular formula is C9H10BrNO3S. The molecule has 4 nitrogen and oxygen atoms in total. The van der Waals surface area contributed by atoms with Gasteiger partial charge in [0.2, 0.25) is 10.0 Å². The van der Waals surface area contributed by atoms with Crippen LogP contribution in [0.5, 0.6) is 0 Å². The zero-order valence-corrected chi connectivity index (χ0v) is 10.4. The number of carbonyl (C=O) groups is 1. The average molecular weight is 292 g/mol. The van der Waals surface area contributed by atoms with Crippen molar-refractivity contribution in [3.05, 3.63) is 29.8 Å². The molecule has 0 aliphatic heterocycles. The lowest BCUT2D eigenvalue weighted by Gasteiger charge is -2.04. The van der Waals surface area contributed by atoms with Crippen molar-refractivity contribution in [3.63, 3.8) is 0 Å². The van der Waals surface area contributed by atoms with Crippen LogP contribution in [0.15, 0.2) is 24.3 Å². The van der Waals surface area contributed by atoms with Crippen LogP contribution in [0, 0.1) is 0 Å². The van der Waals surface area contributed by atoms with E-state index in [9.17, 15) is 13.2 Å². The number of nitrogens with one attached hydrogen (secondary N) is 1. The van der Waals surface area contributed by atoms with E-state index in [4.69, 9.17) is 0 Å². The fourth-order valence-electron chi connectivity index (χ4n) is 1.02. The van der Waals surface area contributed by atoms with Crippen LogP contribution in [0.4, 0.5) is 5.69 Å². The van der Waals surface area contributed by atoms with Crippen molar-refractivity contribution in [2.75, 3.05) is 16.3 Å².